The van der Waals surface area contributed by atoms with Crippen molar-refractivity contribution in [3.63, 3.8) is 0 Å². The summed E-state index contributed by atoms with van der Waals surface area (Å²) >= 11 is 0. The van der Waals surface area contributed by atoms with Gasteiger partial charge in [-0.3, -0.25) is 19.9 Å². The first kappa shape index (κ1) is 24.0. The molecule has 1 amide bonds. The maximum absolute atomic E-state index is 12.4. The van der Waals surface area contributed by atoms with Crippen molar-refractivity contribution in [1.82, 2.24) is 14.8 Å². The zero-order valence-corrected chi connectivity index (χ0v) is 19.1. The van der Waals surface area contributed by atoms with Crippen molar-refractivity contribution in [3.05, 3.63) is 107 Å². The summed E-state index contributed by atoms with van der Waals surface area (Å²) in [7, 11) is 0. The number of anilines is 1. The first-order chi connectivity index (χ1) is 17.4. The minimum atomic E-state index is -1.19. The Kier molecular flexibility index (Phi) is 7.25. The quantitative estimate of drug-likeness (QED) is 0.170. The average molecular weight is 483 g/mol. The highest BCUT2D eigenvalue weighted by Crippen LogP contribution is 2.25. The van der Waals surface area contributed by atoms with Gasteiger partial charge >= 0.3 is 5.97 Å². The highest BCUT2D eigenvalue weighted by atomic mass is 16.6. The van der Waals surface area contributed by atoms with Crippen molar-refractivity contribution in [2.24, 2.45) is 0 Å². The molecule has 4 aromatic rings. The molecule has 36 heavy (non-hydrogen) atoms. The summed E-state index contributed by atoms with van der Waals surface area (Å²) in [5.41, 5.74) is 2.60. The predicted octanol–water partition coefficient (Wildman–Crippen LogP) is 4.43. The van der Waals surface area contributed by atoms with Crippen molar-refractivity contribution in [1.29, 1.82) is 0 Å². The zero-order valence-electron chi connectivity index (χ0n) is 19.1. The maximum Gasteiger partial charge on any atom is 0.331 e. The van der Waals surface area contributed by atoms with Gasteiger partial charge in [-0.05, 0) is 43.3 Å². The molecule has 0 bridgehead atoms. The molecule has 1 N–H and O–H groups in total. The Hall–Kier alpha value is -5.12. The van der Waals surface area contributed by atoms with E-state index in [0.717, 1.165) is 11.3 Å². The number of carbonyl (C=O) groups excluding carboxylic acids is 2. The van der Waals surface area contributed by atoms with Gasteiger partial charge in [0.05, 0.1) is 10.6 Å². The van der Waals surface area contributed by atoms with E-state index in [1.807, 2.05) is 36.4 Å². The van der Waals surface area contributed by atoms with E-state index in [2.05, 4.69) is 15.4 Å². The average Bonchev–Trinajstić information content (AvgIpc) is 3.33. The van der Waals surface area contributed by atoms with Crippen molar-refractivity contribution in [2.45, 2.75) is 13.0 Å². The van der Waals surface area contributed by atoms with Crippen LogP contribution in [0.25, 0.3) is 23.0 Å². The van der Waals surface area contributed by atoms with Gasteiger partial charge in [-0.1, -0.05) is 30.3 Å². The van der Waals surface area contributed by atoms with E-state index in [0.29, 0.717) is 11.3 Å². The lowest BCUT2D eigenvalue weighted by molar-refractivity contribution is -0.383. The van der Waals surface area contributed by atoms with Crippen LogP contribution in [0.4, 0.5) is 11.4 Å². The number of ether oxygens (including phenoxy) is 1. The van der Waals surface area contributed by atoms with E-state index in [9.17, 15) is 19.7 Å². The highest BCUT2D eigenvalue weighted by molar-refractivity contribution is 5.98. The molecule has 0 aliphatic heterocycles. The van der Waals surface area contributed by atoms with E-state index in [1.54, 1.807) is 41.5 Å². The van der Waals surface area contributed by atoms with Gasteiger partial charge in [0.2, 0.25) is 0 Å². The summed E-state index contributed by atoms with van der Waals surface area (Å²) < 4.78 is 6.89. The number of nitro benzene ring substituents is 1. The second-order valence-electron chi connectivity index (χ2n) is 7.63. The summed E-state index contributed by atoms with van der Waals surface area (Å²) in [6.07, 6.45) is 6.65. The highest BCUT2D eigenvalue weighted by Gasteiger charge is 2.21. The summed E-state index contributed by atoms with van der Waals surface area (Å²) in [5.74, 6) is -1.45. The molecule has 4 rings (SSSR count). The Morgan fingerprint density at radius 1 is 1.08 bits per heavy atom. The molecule has 2 heterocycles. The van der Waals surface area contributed by atoms with Crippen LogP contribution < -0.4 is 5.32 Å². The Morgan fingerprint density at radius 2 is 1.83 bits per heavy atom. The van der Waals surface area contributed by atoms with Crippen LogP contribution in [0.15, 0.2) is 91.4 Å². The molecule has 1 unspecified atom stereocenters. The van der Waals surface area contributed by atoms with E-state index >= 15 is 0 Å². The largest absolute Gasteiger partial charge is 0.449 e. The van der Waals surface area contributed by atoms with Crippen molar-refractivity contribution in [3.8, 4) is 16.9 Å². The van der Waals surface area contributed by atoms with Crippen molar-refractivity contribution >= 4 is 29.3 Å². The molecule has 0 saturated heterocycles. The lowest BCUT2D eigenvalue weighted by Crippen LogP contribution is -2.29. The number of pyridine rings is 1. The number of carbonyl (C=O) groups is 2. The van der Waals surface area contributed by atoms with Gasteiger partial charge in [0, 0.05) is 41.9 Å². The molecule has 180 valence electrons. The van der Waals surface area contributed by atoms with Gasteiger partial charge in [0.1, 0.15) is 11.4 Å². The summed E-state index contributed by atoms with van der Waals surface area (Å²) in [5, 5.41) is 18.2. The van der Waals surface area contributed by atoms with Gasteiger partial charge < -0.3 is 10.1 Å². The van der Waals surface area contributed by atoms with Gasteiger partial charge in [-0.2, -0.15) is 5.10 Å². The number of nitrogens with zero attached hydrogens (tertiary/aromatic N) is 4. The summed E-state index contributed by atoms with van der Waals surface area (Å²) in [6.45, 7) is 1.38. The fourth-order valence-corrected chi connectivity index (χ4v) is 3.35. The van der Waals surface area contributed by atoms with Crippen LogP contribution >= 0.6 is 0 Å². The molecule has 0 fully saturated rings. The Labute approximate surface area is 206 Å². The molecule has 2 aromatic carbocycles. The smallest absolute Gasteiger partial charge is 0.331 e. The molecule has 0 spiro atoms. The van der Waals surface area contributed by atoms with Crippen LogP contribution in [-0.2, 0) is 14.3 Å². The minimum absolute atomic E-state index is 0.0142. The number of para-hydroxylation sites is 3. The number of hydrogen-bond acceptors (Lipinski definition) is 7. The molecule has 0 aliphatic rings. The van der Waals surface area contributed by atoms with Crippen molar-refractivity contribution < 1.29 is 19.2 Å². The second-order valence-corrected chi connectivity index (χ2v) is 7.63. The predicted molar refractivity (Wildman–Crippen MR) is 133 cm³/mol. The third kappa shape index (κ3) is 5.68. The van der Waals surface area contributed by atoms with E-state index in [4.69, 9.17) is 4.74 Å². The molecule has 0 radical (unpaired) electrons. The maximum atomic E-state index is 12.4. The van der Waals surface area contributed by atoms with Crippen LogP contribution in [0.3, 0.4) is 0 Å². The van der Waals surface area contributed by atoms with E-state index < -0.39 is 22.9 Å². The zero-order chi connectivity index (χ0) is 25.5. The molecule has 10 nitrogen and oxygen atoms in total. The fraction of sp³-hybridized carbons (Fsp3) is 0.0769. The van der Waals surface area contributed by atoms with E-state index in [1.165, 1.54) is 31.2 Å². The standard InChI is InChI=1S/C26H21N5O5/c1-18(26(33)28-22-11-5-6-12-23(22)31(34)35)36-24(32)14-13-20-17-30(21-9-3-2-4-10-21)29-25(20)19-8-7-15-27-16-19/h2-18H,1H3,(H,28,33). The first-order valence-corrected chi connectivity index (χ1v) is 10.9. The number of nitrogens with one attached hydrogen (secondary N) is 1. The fourth-order valence-electron chi connectivity index (χ4n) is 3.35. The van der Waals surface area contributed by atoms with Gasteiger partial charge in [-0.25, -0.2) is 9.48 Å². The number of hydrogen-bond donors (Lipinski definition) is 1. The lowest BCUT2D eigenvalue weighted by atomic mass is 10.1. The van der Waals surface area contributed by atoms with Crippen LogP contribution in [0.5, 0.6) is 0 Å². The first-order valence-electron chi connectivity index (χ1n) is 10.9. The number of nitro groups is 1. The molecular formula is C26H21N5O5. The Balaban J connectivity index is 1.49. The SMILES string of the molecule is CC(OC(=O)C=Cc1cn(-c2ccccc2)nc1-c1cccnc1)C(=O)Nc1ccccc1[N+](=O)[O-]. The third-order valence-electron chi connectivity index (χ3n) is 5.12. The van der Waals surface area contributed by atoms with Crippen LogP contribution in [0.2, 0.25) is 0 Å². The molecule has 0 saturated carbocycles. The third-order valence-corrected chi connectivity index (χ3v) is 5.12. The number of aromatic nitrogens is 3. The molecular weight excluding hydrogens is 462 g/mol. The molecule has 10 heteroatoms. The Morgan fingerprint density at radius 3 is 2.56 bits per heavy atom. The van der Waals surface area contributed by atoms with E-state index in [-0.39, 0.29) is 11.4 Å². The number of benzene rings is 2. The topological polar surface area (TPSA) is 129 Å². The van der Waals surface area contributed by atoms with Gasteiger partial charge in [0.15, 0.2) is 6.10 Å². The normalized spacial score (nSPS) is 11.7. The van der Waals surface area contributed by atoms with Crippen LogP contribution in [0, 0.1) is 10.1 Å². The summed E-state index contributed by atoms with van der Waals surface area (Å²) in [6, 6.07) is 18.8. The summed E-state index contributed by atoms with van der Waals surface area (Å²) in [4.78, 5) is 39.6. The van der Waals surface area contributed by atoms with Crippen molar-refractivity contribution in [2.75, 3.05) is 5.32 Å². The minimum Gasteiger partial charge on any atom is -0.449 e. The molecule has 2 aromatic heterocycles. The molecule has 0 aliphatic carbocycles. The molecule has 1 atom stereocenters. The van der Waals surface area contributed by atoms with Gasteiger partial charge in [-0.15, -0.1) is 0 Å². The Bertz CT molecular complexity index is 1420. The monoisotopic (exact) mass is 483 g/mol. The van der Waals surface area contributed by atoms with Gasteiger partial charge in [0.25, 0.3) is 11.6 Å². The second kappa shape index (κ2) is 10.9. The number of esters is 1. The number of amides is 1. The lowest BCUT2D eigenvalue weighted by Gasteiger charge is -2.12. The number of rotatable bonds is 8. The van der Waals surface area contributed by atoms with Crippen LogP contribution in [-0.4, -0.2) is 37.7 Å². The van der Waals surface area contributed by atoms with Crippen LogP contribution in [0.1, 0.15) is 12.5 Å².